The first kappa shape index (κ1) is 21.9. The van der Waals surface area contributed by atoms with Crippen molar-refractivity contribution in [1.82, 2.24) is 4.98 Å². The molecule has 0 N–H and O–H groups in total. The van der Waals surface area contributed by atoms with Crippen LogP contribution < -0.4 is 4.90 Å². The molecule has 0 atom stereocenters. The maximum absolute atomic E-state index is 13.4. The Labute approximate surface area is 186 Å². The Bertz CT molecular complexity index is 1260. The first-order chi connectivity index (χ1) is 14.8. The van der Waals surface area contributed by atoms with Gasteiger partial charge in [0.25, 0.3) is 0 Å². The van der Waals surface area contributed by atoms with Crippen LogP contribution in [0.1, 0.15) is 11.1 Å². The summed E-state index contributed by atoms with van der Waals surface area (Å²) in [5.41, 5.74) is 1.55. The lowest BCUT2D eigenvalue weighted by Gasteiger charge is -2.27. The van der Waals surface area contributed by atoms with Gasteiger partial charge in [0.05, 0.1) is 23.9 Å². The predicted octanol–water partition coefficient (Wildman–Crippen LogP) is 3.09. The Morgan fingerprint density at radius 3 is 2.26 bits per heavy atom. The van der Waals surface area contributed by atoms with Gasteiger partial charge in [0.2, 0.25) is 24.0 Å². The van der Waals surface area contributed by atoms with E-state index in [9.17, 15) is 16.8 Å². The highest BCUT2D eigenvalue weighted by molar-refractivity contribution is 7.93. The van der Waals surface area contributed by atoms with E-state index in [1.165, 1.54) is 12.1 Å². The van der Waals surface area contributed by atoms with Gasteiger partial charge in [-0.15, -0.1) is 0 Å². The minimum Gasteiger partial charge on any atom is -0.378 e. The number of nitrogens with zero attached hydrogens (tertiary/aromatic N) is 2. The van der Waals surface area contributed by atoms with Crippen molar-refractivity contribution in [3.8, 4) is 0 Å². The van der Waals surface area contributed by atoms with Crippen LogP contribution in [0, 0.1) is 6.92 Å². The first-order valence-electron chi connectivity index (χ1n) is 9.69. The van der Waals surface area contributed by atoms with Gasteiger partial charge >= 0.3 is 0 Å². The maximum Gasteiger partial charge on any atom is 0.226 e. The molecule has 3 aromatic rings. The van der Waals surface area contributed by atoms with E-state index >= 15 is 0 Å². The summed E-state index contributed by atoms with van der Waals surface area (Å²) in [7, 11) is -7.81. The SMILES string of the molecule is Cc1ccc(S(=O)(=O)c2nc(S(=O)(=O)Cc3ccccc3)sc2N2CCOCC2)cc1. The van der Waals surface area contributed by atoms with Crippen LogP contribution in [0.2, 0.25) is 0 Å². The molecular formula is C21H22N2O5S3. The average molecular weight is 479 g/mol. The van der Waals surface area contributed by atoms with Gasteiger partial charge < -0.3 is 9.64 Å². The molecule has 0 saturated carbocycles. The van der Waals surface area contributed by atoms with E-state index in [4.69, 9.17) is 4.74 Å². The predicted molar refractivity (Wildman–Crippen MR) is 119 cm³/mol. The fourth-order valence-electron chi connectivity index (χ4n) is 3.24. The van der Waals surface area contributed by atoms with Crippen LogP contribution in [-0.4, -0.2) is 48.1 Å². The van der Waals surface area contributed by atoms with Crippen molar-refractivity contribution in [3.63, 3.8) is 0 Å². The van der Waals surface area contributed by atoms with Gasteiger partial charge in [0.15, 0.2) is 5.03 Å². The van der Waals surface area contributed by atoms with Crippen molar-refractivity contribution in [2.45, 2.75) is 26.9 Å². The molecule has 0 aliphatic carbocycles. The van der Waals surface area contributed by atoms with E-state index in [1.54, 1.807) is 36.4 Å². The molecule has 2 heterocycles. The molecule has 31 heavy (non-hydrogen) atoms. The minimum absolute atomic E-state index is 0.0879. The second kappa shape index (κ2) is 8.70. The molecule has 1 saturated heterocycles. The number of morpholine rings is 1. The molecule has 4 rings (SSSR count). The number of thiazole rings is 1. The number of aromatic nitrogens is 1. The van der Waals surface area contributed by atoms with E-state index < -0.39 is 19.7 Å². The zero-order valence-electron chi connectivity index (χ0n) is 16.9. The molecule has 0 bridgehead atoms. The third kappa shape index (κ3) is 4.67. The lowest BCUT2D eigenvalue weighted by atomic mass is 10.2. The number of benzene rings is 2. The van der Waals surface area contributed by atoms with Crippen LogP contribution in [0.4, 0.5) is 5.00 Å². The molecule has 0 amide bonds. The van der Waals surface area contributed by atoms with E-state index in [0.717, 1.165) is 16.9 Å². The fraction of sp³-hybridized carbons (Fsp3) is 0.286. The van der Waals surface area contributed by atoms with Crippen molar-refractivity contribution >= 4 is 36.0 Å². The summed E-state index contributed by atoms with van der Waals surface area (Å²) < 4.78 is 58.1. The Hall–Kier alpha value is -2.27. The summed E-state index contributed by atoms with van der Waals surface area (Å²) in [5.74, 6) is -0.242. The summed E-state index contributed by atoms with van der Waals surface area (Å²) in [5, 5.41) is 0.130. The summed E-state index contributed by atoms with van der Waals surface area (Å²) in [6, 6.07) is 15.2. The highest BCUT2D eigenvalue weighted by atomic mass is 32.2. The molecule has 10 heteroatoms. The van der Waals surface area contributed by atoms with E-state index in [2.05, 4.69) is 4.98 Å². The summed E-state index contributed by atoms with van der Waals surface area (Å²) in [6.07, 6.45) is 0. The summed E-state index contributed by atoms with van der Waals surface area (Å²) >= 11 is 0.909. The molecular weight excluding hydrogens is 456 g/mol. The van der Waals surface area contributed by atoms with Gasteiger partial charge in [-0.05, 0) is 24.6 Å². The number of sulfone groups is 2. The van der Waals surface area contributed by atoms with Gasteiger partial charge in [-0.2, -0.15) is 0 Å². The molecule has 1 aliphatic rings. The zero-order valence-corrected chi connectivity index (χ0v) is 19.3. The average Bonchev–Trinajstić information content (AvgIpc) is 3.23. The number of rotatable bonds is 6. The summed E-state index contributed by atoms with van der Waals surface area (Å²) in [6.45, 7) is 3.68. The quantitative estimate of drug-likeness (QED) is 0.537. The van der Waals surface area contributed by atoms with Crippen LogP contribution >= 0.6 is 11.3 Å². The molecule has 0 unspecified atom stereocenters. The monoisotopic (exact) mass is 478 g/mol. The Morgan fingerprint density at radius 1 is 0.968 bits per heavy atom. The topological polar surface area (TPSA) is 93.6 Å². The number of aryl methyl sites for hydroxylation is 1. The molecule has 0 spiro atoms. The van der Waals surface area contributed by atoms with E-state index in [1.807, 2.05) is 17.9 Å². The smallest absolute Gasteiger partial charge is 0.226 e. The Kier molecular flexibility index (Phi) is 6.16. The highest BCUT2D eigenvalue weighted by Gasteiger charge is 2.33. The van der Waals surface area contributed by atoms with Gasteiger partial charge in [0.1, 0.15) is 5.00 Å². The maximum atomic E-state index is 13.4. The van der Waals surface area contributed by atoms with Crippen LogP contribution in [-0.2, 0) is 30.2 Å². The van der Waals surface area contributed by atoms with Gasteiger partial charge in [-0.1, -0.05) is 59.4 Å². The van der Waals surface area contributed by atoms with Crippen LogP contribution in [0.25, 0.3) is 0 Å². The number of ether oxygens (including phenoxy) is 1. The second-order valence-electron chi connectivity index (χ2n) is 7.25. The van der Waals surface area contributed by atoms with Gasteiger partial charge in [0, 0.05) is 13.1 Å². The van der Waals surface area contributed by atoms with Crippen molar-refractivity contribution in [2.75, 3.05) is 31.2 Å². The van der Waals surface area contributed by atoms with Crippen molar-refractivity contribution in [2.24, 2.45) is 0 Å². The van der Waals surface area contributed by atoms with Gasteiger partial charge in [-0.25, -0.2) is 21.8 Å². The van der Waals surface area contributed by atoms with Crippen molar-refractivity contribution in [3.05, 3.63) is 65.7 Å². The van der Waals surface area contributed by atoms with Gasteiger partial charge in [-0.3, -0.25) is 0 Å². The lowest BCUT2D eigenvalue weighted by Crippen LogP contribution is -2.36. The molecule has 1 fully saturated rings. The normalized spacial score (nSPS) is 15.2. The first-order valence-corrected chi connectivity index (χ1v) is 13.6. The standard InChI is InChI=1S/C21H22N2O5S3/c1-16-7-9-18(10-8-16)31(26,27)19-20(23-11-13-28-14-12-23)29-21(22-19)30(24,25)15-17-5-3-2-4-6-17/h2-10H,11-15H2,1H3. The third-order valence-corrected chi connectivity index (χ3v) is 9.98. The number of anilines is 1. The number of hydrogen-bond donors (Lipinski definition) is 0. The fourth-order valence-corrected chi connectivity index (χ4v) is 7.75. The summed E-state index contributed by atoms with van der Waals surface area (Å²) in [4.78, 5) is 6.11. The van der Waals surface area contributed by atoms with Crippen molar-refractivity contribution in [1.29, 1.82) is 0 Å². The van der Waals surface area contributed by atoms with E-state index in [-0.39, 0.29) is 20.0 Å². The van der Waals surface area contributed by atoms with Crippen molar-refractivity contribution < 1.29 is 21.6 Å². The molecule has 0 radical (unpaired) electrons. The molecule has 1 aliphatic heterocycles. The molecule has 164 valence electrons. The van der Waals surface area contributed by atoms with Crippen LogP contribution in [0.5, 0.6) is 0 Å². The number of hydrogen-bond acceptors (Lipinski definition) is 8. The molecule has 2 aromatic carbocycles. The zero-order chi connectivity index (χ0) is 22.1. The lowest BCUT2D eigenvalue weighted by molar-refractivity contribution is 0.123. The van der Waals surface area contributed by atoms with Crippen LogP contribution in [0.3, 0.4) is 0 Å². The van der Waals surface area contributed by atoms with E-state index in [0.29, 0.717) is 36.9 Å². The second-order valence-corrected chi connectivity index (χ2v) is 12.3. The molecule has 1 aromatic heterocycles. The third-order valence-electron chi connectivity index (χ3n) is 4.91. The molecule has 7 nitrogen and oxygen atoms in total. The Balaban J connectivity index is 1.80. The largest absolute Gasteiger partial charge is 0.378 e. The Morgan fingerprint density at radius 2 is 1.61 bits per heavy atom. The van der Waals surface area contributed by atoms with Crippen LogP contribution in [0.15, 0.2) is 68.9 Å². The highest BCUT2D eigenvalue weighted by Crippen LogP contribution is 2.38. The minimum atomic E-state index is -4.00.